The molecule has 2 aromatic heterocycles. The van der Waals surface area contributed by atoms with Gasteiger partial charge in [-0.2, -0.15) is 18.3 Å². The maximum absolute atomic E-state index is 13.3. The summed E-state index contributed by atoms with van der Waals surface area (Å²) in [7, 11) is 0. The summed E-state index contributed by atoms with van der Waals surface area (Å²) >= 11 is 7.51. The average molecular weight is 527 g/mol. The topological polar surface area (TPSA) is 46.9 Å². The number of hydrogen-bond acceptors (Lipinski definition) is 3. The Balaban J connectivity index is 1.72. The van der Waals surface area contributed by atoms with Gasteiger partial charge in [-0.25, -0.2) is 4.39 Å². The standard InChI is InChI=1S/C16H9Br2F4N3OS/c17-10-4-9(19)5-11(18)14(10)23-15(26)12-3-8(7-27-12)6-25-2-1-13(24-25)16(20,21)22/h1-5,7H,6H2,(H,23,26). The third-order valence-corrected chi connectivity index (χ3v) is 5.63. The first kappa shape index (κ1) is 20.0. The molecule has 3 aromatic rings. The second kappa shape index (κ2) is 7.72. The monoisotopic (exact) mass is 525 g/mol. The number of nitrogens with zero attached hydrogens (tertiary/aromatic N) is 2. The van der Waals surface area contributed by atoms with E-state index >= 15 is 0 Å². The number of halogens is 6. The van der Waals surface area contributed by atoms with Crippen LogP contribution in [0.15, 0.2) is 44.8 Å². The Bertz CT molecular complexity index is 977. The number of carbonyl (C=O) groups is 1. The molecule has 0 atom stereocenters. The van der Waals surface area contributed by atoms with Gasteiger partial charge in [-0.1, -0.05) is 0 Å². The van der Waals surface area contributed by atoms with Gasteiger partial charge in [-0.15, -0.1) is 11.3 Å². The molecule has 2 heterocycles. The molecule has 0 bridgehead atoms. The molecule has 3 rings (SSSR count). The van der Waals surface area contributed by atoms with Crippen LogP contribution in [0, 0.1) is 5.82 Å². The van der Waals surface area contributed by atoms with Crippen molar-refractivity contribution in [3.63, 3.8) is 0 Å². The summed E-state index contributed by atoms with van der Waals surface area (Å²) in [6.07, 6.45) is -3.27. The van der Waals surface area contributed by atoms with Crippen LogP contribution in [-0.4, -0.2) is 15.7 Å². The van der Waals surface area contributed by atoms with Crippen molar-refractivity contribution in [1.82, 2.24) is 9.78 Å². The van der Waals surface area contributed by atoms with E-state index in [0.717, 1.165) is 22.1 Å². The van der Waals surface area contributed by atoms with Gasteiger partial charge in [0.05, 0.1) is 17.1 Å². The SMILES string of the molecule is O=C(Nc1c(Br)cc(F)cc1Br)c1cc(Cn2ccc(C(F)(F)F)n2)cs1. The number of thiophene rings is 1. The molecule has 0 saturated heterocycles. The molecule has 1 N–H and O–H groups in total. The van der Waals surface area contributed by atoms with Crippen molar-refractivity contribution < 1.29 is 22.4 Å². The van der Waals surface area contributed by atoms with E-state index in [1.807, 2.05) is 0 Å². The maximum Gasteiger partial charge on any atom is 0.435 e. The number of rotatable bonds is 4. The zero-order valence-corrected chi connectivity index (χ0v) is 17.1. The van der Waals surface area contributed by atoms with Crippen molar-refractivity contribution in [2.75, 3.05) is 5.32 Å². The number of aromatic nitrogens is 2. The molecule has 142 valence electrons. The Morgan fingerprint density at radius 1 is 1.22 bits per heavy atom. The molecule has 0 radical (unpaired) electrons. The van der Waals surface area contributed by atoms with Crippen LogP contribution in [0.3, 0.4) is 0 Å². The van der Waals surface area contributed by atoms with Crippen LogP contribution in [0.25, 0.3) is 0 Å². The van der Waals surface area contributed by atoms with Crippen molar-refractivity contribution >= 4 is 54.8 Å². The van der Waals surface area contributed by atoms with Crippen molar-refractivity contribution in [2.24, 2.45) is 0 Å². The first-order valence-corrected chi connectivity index (χ1v) is 9.74. The summed E-state index contributed by atoms with van der Waals surface area (Å²) in [5.41, 5.74) is 0.0409. The second-order valence-corrected chi connectivity index (χ2v) is 8.03. The van der Waals surface area contributed by atoms with Crippen molar-refractivity contribution in [3.8, 4) is 0 Å². The predicted molar refractivity (Wildman–Crippen MR) is 100 cm³/mol. The average Bonchev–Trinajstić information content (AvgIpc) is 3.20. The fraction of sp³-hybridized carbons (Fsp3) is 0.125. The lowest BCUT2D eigenvalue weighted by Crippen LogP contribution is -2.11. The second-order valence-electron chi connectivity index (χ2n) is 5.41. The van der Waals surface area contributed by atoms with Crippen LogP contribution in [-0.2, 0) is 12.7 Å². The minimum atomic E-state index is -4.50. The molecule has 0 saturated carbocycles. The minimum absolute atomic E-state index is 0.101. The van der Waals surface area contributed by atoms with E-state index in [1.165, 1.54) is 18.3 Å². The highest BCUT2D eigenvalue weighted by molar-refractivity contribution is 9.11. The molecule has 0 fully saturated rings. The lowest BCUT2D eigenvalue weighted by Gasteiger charge is -2.09. The molecular formula is C16H9Br2F4N3OS. The third kappa shape index (κ3) is 4.77. The van der Waals surface area contributed by atoms with Gasteiger partial charge in [0.1, 0.15) is 5.82 Å². The van der Waals surface area contributed by atoms with Crippen LogP contribution in [0.5, 0.6) is 0 Å². The summed E-state index contributed by atoms with van der Waals surface area (Å²) in [5, 5.41) is 7.81. The van der Waals surface area contributed by atoms with E-state index in [0.29, 0.717) is 25.1 Å². The van der Waals surface area contributed by atoms with Gasteiger partial charge in [0.15, 0.2) is 5.69 Å². The number of nitrogens with one attached hydrogen (secondary N) is 1. The van der Waals surface area contributed by atoms with Crippen LogP contribution in [0.1, 0.15) is 20.9 Å². The molecule has 11 heteroatoms. The molecule has 0 aliphatic heterocycles. The Morgan fingerprint density at radius 2 is 1.89 bits per heavy atom. The van der Waals surface area contributed by atoms with Crippen molar-refractivity contribution in [2.45, 2.75) is 12.7 Å². The highest BCUT2D eigenvalue weighted by Gasteiger charge is 2.33. The zero-order valence-electron chi connectivity index (χ0n) is 13.1. The van der Waals surface area contributed by atoms with Gasteiger partial charge in [0.25, 0.3) is 5.91 Å². The van der Waals surface area contributed by atoms with E-state index in [4.69, 9.17) is 0 Å². The van der Waals surface area contributed by atoms with Gasteiger partial charge in [0, 0.05) is 15.1 Å². The first-order valence-electron chi connectivity index (χ1n) is 7.27. The van der Waals surface area contributed by atoms with Crippen LogP contribution >= 0.6 is 43.2 Å². The smallest absolute Gasteiger partial charge is 0.319 e. The fourth-order valence-electron chi connectivity index (χ4n) is 2.20. The summed E-state index contributed by atoms with van der Waals surface area (Å²) in [4.78, 5) is 12.8. The highest BCUT2D eigenvalue weighted by atomic mass is 79.9. The number of carbonyl (C=O) groups excluding carboxylic acids is 1. The van der Waals surface area contributed by atoms with Crippen LogP contribution < -0.4 is 5.32 Å². The summed E-state index contributed by atoms with van der Waals surface area (Å²) in [6.45, 7) is 0.101. The van der Waals surface area contributed by atoms with Crippen molar-refractivity contribution in [1.29, 1.82) is 0 Å². The maximum atomic E-state index is 13.3. The molecule has 1 amide bonds. The highest BCUT2D eigenvalue weighted by Crippen LogP contribution is 2.33. The summed E-state index contributed by atoms with van der Waals surface area (Å²) in [5.74, 6) is -0.890. The number of benzene rings is 1. The molecule has 0 aliphatic rings. The lowest BCUT2D eigenvalue weighted by molar-refractivity contribution is -0.141. The minimum Gasteiger partial charge on any atom is -0.319 e. The predicted octanol–water partition coefficient (Wildman–Crippen LogP) is 5.93. The molecular weight excluding hydrogens is 518 g/mol. The molecule has 0 aliphatic carbocycles. The lowest BCUT2D eigenvalue weighted by atomic mass is 10.3. The van der Waals surface area contributed by atoms with E-state index in [9.17, 15) is 22.4 Å². The number of hydrogen-bond donors (Lipinski definition) is 1. The normalized spacial score (nSPS) is 11.6. The molecule has 1 aromatic carbocycles. The van der Waals surface area contributed by atoms with Crippen molar-refractivity contribution in [3.05, 3.63) is 66.7 Å². The van der Waals surface area contributed by atoms with Crippen LogP contribution in [0.4, 0.5) is 23.2 Å². The quantitative estimate of drug-likeness (QED) is 0.428. The van der Waals surface area contributed by atoms with E-state index in [1.54, 1.807) is 11.4 Å². The number of alkyl halides is 3. The van der Waals surface area contributed by atoms with Gasteiger partial charge >= 0.3 is 6.18 Å². The fourth-order valence-corrected chi connectivity index (χ4v) is 4.33. The summed E-state index contributed by atoms with van der Waals surface area (Å²) < 4.78 is 53.0. The first-order chi connectivity index (χ1) is 12.6. The Labute approximate surface area is 171 Å². The molecule has 0 spiro atoms. The van der Waals surface area contributed by atoms with E-state index < -0.39 is 23.6 Å². The molecule has 4 nitrogen and oxygen atoms in total. The third-order valence-electron chi connectivity index (χ3n) is 3.40. The van der Waals surface area contributed by atoms with Gasteiger partial charge in [0.2, 0.25) is 0 Å². The zero-order chi connectivity index (χ0) is 19.8. The van der Waals surface area contributed by atoms with Gasteiger partial charge in [-0.3, -0.25) is 9.48 Å². The number of amides is 1. The Morgan fingerprint density at radius 3 is 2.48 bits per heavy atom. The van der Waals surface area contributed by atoms with E-state index in [-0.39, 0.29) is 6.54 Å². The Hall–Kier alpha value is -1.72. The Kier molecular flexibility index (Phi) is 5.73. The molecule has 0 unspecified atom stereocenters. The van der Waals surface area contributed by atoms with Crippen LogP contribution in [0.2, 0.25) is 0 Å². The summed E-state index contributed by atoms with van der Waals surface area (Å²) in [6, 6.07) is 4.90. The molecule has 27 heavy (non-hydrogen) atoms. The van der Waals surface area contributed by atoms with E-state index in [2.05, 4.69) is 42.3 Å². The number of anilines is 1. The van der Waals surface area contributed by atoms with Gasteiger partial charge in [-0.05, 0) is 67.1 Å². The van der Waals surface area contributed by atoms with Gasteiger partial charge < -0.3 is 5.32 Å². The largest absolute Gasteiger partial charge is 0.435 e.